The van der Waals surface area contributed by atoms with Crippen molar-refractivity contribution in [3.05, 3.63) is 92.6 Å². The number of halogens is 3. The predicted molar refractivity (Wildman–Crippen MR) is 140 cm³/mol. The SMILES string of the molecule is COc1cc(NC(=O)c2cccc(NC3=C(Cl)C(=O)N(c4ccccc4Cl)C3=O)c2)c(Cl)cc1C(=O)O. The summed E-state index contributed by atoms with van der Waals surface area (Å²) in [4.78, 5) is 50.8. The summed E-state index contributed by atoms with van der Waals surface area (Å²) in [6.45, 7) is 0. The second kappa shape index (κ2) is 10.5. The lowest BCUT2D eigenvalue weighted by Crippen LogP contribution is -2.32. The maximum absolute atomic E-state index is 13.0. The Morgan fingerprint density at radius 2 is 1.65 bits per heavy atom. The first-order chi connectivity index (χ1) is 17.6. The van der Waals surface area contributed by atoms with Crippen LogP contribution >= 0.6 is 34.8 Å². The fourth-order valence-electron chi connectivity index (χ4n) is 3.53. The number of hydrogen-bond donors (Lipinski definition) is 3. The van der Waals surface area contributed by atoms with Gasteiger partial charge in [-0.3, -0.25) is 14.4 Å². The van der Waals surface area contributed by atoms with Crippen molar-refractivity contribution in [2.24, 2.45) is 0 Å². The average molecular weight is 561 g/mol. The fourth-order valence-corrected chi connectivity index (χ4v) is 4.17. The van der Waals surface area contributed by atoms with E-state index < -0.39 is 23.7 Å². The summed E-state index contributed by atoms with van der Waals surface area (Å²) in [5, 5.41) is 14.5. The lowest BCUT2D eigenvalue weighted by Gasteiger charge is -2.16. The van der Waals surface area contributed by atoms with Crippen LogP contribution in [0.4, 0.5) is 17.1 Å². The van der Waals surface area contributed by atoms with Crippen LogP contribution in [0.3, 0.4) is 0 Å². The molecule has 12 heteroatoms. The molecule has 0 saturated heterocycles. The minimum atomic E-state index is -1.24. The highest BCUT2D eigenvalue weighted by atomic mass is 35.5. The molecule has 4 rings (SSSR count). The van der Waals surface area contributed by atoms with Crippen LogP contribution in [0.25, 0.3) is 0 Å². The number of carbonyl (C=O) groups excluding carboxylic acids is 3. The van der Waals surface area contributed by atoms with Crippen molar-refractivity contribution >= 4 is 75.6 Å². The van der Waals surface area contributed by atoms with Gasteiger partial charge in [0.1, 0.15) is 22.0 Å². The molecule has 0 atom stereocenters. The number of aromatic carboxylic acids is 1. The normalized spacial score (nSPS) is 13.1. The third-order valence-electron chi connectivity index (χ3n) is 5.28. The molecular weight excluding hydrogens is 545 g/mol. The molecule has 0 spiro atoms. The first-order valence-corrected chi connectivity index (χ1v) is 11.6. The molecule has 3 N–H and O–H groups in total. The molecular formula is C25H16Cl3N3O6. The number of ether oxygens (including phenoxy) is 1. The molecule has 0 aliphatic carbocycles. The van der Waals surface area contributed by atoms with Crippen molar-refractivity contribution in [3.63, 3.8) is 0 Å². The van der Waals surface area contributed by atoms with Gasteiger partial charge in [0, 0.05) is 17.3 Å². The van der Waals surface area contributed by atoms with Gasteiger partial charge < -0.3 is 20.5 Å². The third kappa shape index (κ3) is 5.10. The number of nitrogens with zero attached hydrogens (tertiary/aromatic N) is 1. The molecule has 0 saturated carbocycles. The topological polar surface area (TPSA) is 125 Å². The molecule has 9 nitrogen and oxygen atoms in total. The van der Waals surface area contributed by atoms with Crippen LogP contribution in [-0.2, 0) is 9.59 Å². The Bertz CT molecular complexity index is 1500. The van der Waals surface area contributed by atoms with Gasteiger partial charge in [0.2, 0.25) is 0 Å². The molecule has 0 radical (unpaired) electrons. The Kier molecular flexibility index (Phi) is 7.40. The Morgan fingerprint density at radius 1 is 0.919 bits per heavy atom. The number of amides is 3. The van der Waals surface area contributed by atoms with Gasteiger partial charge in [-0.15, -0.1) is 0 Å². The van der Waals surface area contributed by atoms with E-state index in [9.17, 15) is 24.3 Å². The zero-order valence-corrected chi connectivity index (χ0v) is 21.1. The van der Waals surface area contributed by atoms with Gasteiger partial charge in [0.05, 0.1) is 28.5 Å². The van der Waals surface area contributed by atoms with Crippen molar-refractivity contribution in [2.75, 3.05) is 22.6 Å². The van der Waals surface area contributed by atoms with Gasteiger partial charge in [-0.2, -0.15) is 0 Å². The van der Waals surface area contributed by atoms with Crippen molar-refractivity contribution in [1.29, 1.82) is 0 Å². The first kappa shape index (κ1) is 26.0. The number of carbonyl (C=O) groups is 4. The van der Waals surface area contributed by atoms with Crippen molar-refractivity contribution < 1.29 is 29.0 Å². The van der Waals surface area contributed by atoms with E-state index in [1.807, 2.05) is 0 Å². The molecule has 1 aliphatic heterocycles. The second-order valence-electron chi connectivity index (χ2n) is 7.58. The minimum absolute atomic E-state index is 0.00695. The molecule has 0 bridgehead atoms. The van der Waals surface area contributed by atoms with E-state index in [2.05, 4.69) is 10.6 Å². The van der Waals surface area contributed by atoms with Gasteiger partial charge in [-0.05, 0) is 36.4 Å². The molecule has 3 amide bonds. The third-order valence-corrected chi connectivity index (χ3v) is 6.27. The molecule has 3 aromatic rings. The van der Waals surface area contributed by atoms with E-state index >= 15 is 0 Å². The zero-order valence-electron chi connectivity index (χ0n) is 18.8. The second-order valence-corrected chi connectivity index (χ2v) is 8.78. The Hall–Kier alpha value is -4.05. The molecule has 3 aromatic carbocycles. The van der Waals surface area contributed by atoms with E-state index in [1.54, 1.807) is 24.3 Å². The van der Waals surface area contributed by atoms with Gasteiger partial charge in [-0.25, -0.2) is 9.69 Å². The Labute approximate surface area is 225 Å². The Morgan fingerprint density at radius 3 is 2.32 bits per heavy atom. The molecule has 1 heterocycles. The van der Waals surface area contributed by atoms with Crippen LogP contribution < -0.4 is 20.3 Å². The summed E-state index contributed by atoms with van der Waals surface area (Å²) in [6.07, 6.45) is 0. The van der Waals surface area contributed by atoms with Gasteiger partial charge in [-0.1, -0.05) is 53.0 Å². The molecule has 1 aliphatic rings. The number of carboxylic acids is 1. The summed E-state index contributed by atoms with van der Waals surface area (Å²) in [7, 11) is 1.29. The number of para-hydroxylation sites is 1. The largest absolute Gasteiger partial charge is 0.496 e. The monoisotopic (exact) mass is 559 g/mol. The number of methoxy groups -OCH3 is 1. The first-order valence-electron chi connectivity index (χ1n) is 10.4. The van der Waals surface area contributed by atoms with Crippen molar-refractivity contribution in [1.82, 2.24) is 0 Å². The standard InChI is InChI=1S/C25H16Cl3N3O6/c1-37-19-11-17(16(27)10-14(19)25(35)36)30-22(32)12-5-4-6-13(9-12)29-21-20(28)23(33)31(24(21)34)18-8-3-2-7-15(18)26/h2-11,29H,1H3,(H,30,32)(H,35,36). The van der Waals surface area contributed by atoms with E-state index in [1.165, 1.54) is 37.4 Å². The number of rotatable bonds is 7. The van der Waals surface area contributed by atoms with Gasteiger partial charge >= 0.3 is 5.97 Å². The quantitative estimate of drug-likeness (QED) is 0.331. The van der Waals surface area contributed by atoms with Gasteiger partial charge in [0.25, 0.3) is 17.7 Å². The summed E-state index contributed by atoms with van der Waals surface area (Å²) >= 11 is 18.5. The van der Waals surface area contributed by atoms with Crippen LogP contribution in [0.15, 0.2) is 71.4 Å². The van der Waals surface area contributed by atoms with E-state index in [-0.39, 0.29) is 49.0 Å². The number of nitrogens with one attached hydrogen (secondary N) is 2. The summed E-state index contributed by atoms with van der Waals surface area (Å²) in [5.74, 6) is -3.27. The van der Waals surface area contributed by atoms with Crippen LogP contribution in [0.5, 0.6) is 5.75 Å². The summed E-state index contributed by atoms with van der Waals surface area (Å²) in [5.41, 5.74) is 0.435. The summed E-state index contributed by atoms with van der Waals surface area (Å²) < 4.78 is 5.07. The lowest BCUT2D eigenvalue weighted by molar-refractivity contribution is -0.120. The average Bonchev–Trinajstić information content (AvgIpc) is 3.08. The molecule has 0 aromatic heterocycles. The van der Waals surface area contributed by atoms with Crippen molar-refractivity contribution in [3.8, 4) is 5.75 Å². The number of carboxylic acid groups (broad SMARTS) is 1. The van der Waals surface area contributed by atoms with Crippen molar-refractivity contribution in [2.45, 2.75) is 0 Å². The Balaban J connectivity index is 1.56. The molecule has 188 valence electrons. The highest BCUT2D eigenvalue weighted by molar-refractivity contribution is 6.53. The number of anilines is 3. The smallest absolute Gasteiger partial charge is 0.339 e. The van der Waals surface area contributed by atoms with E-state index in [0.717, 1.165) is 11.0 Å². The zero-order chi connectivity index (χ0) is 26.9. The highest BCUT2D eigenvalue weighted by Crippen LogP contribution is 2.34. The van der Waals surface area contributed by atoms with E-state index in [4.69, 9.17) is 39.5 Å². The molecule has 0 fully saturated rings. The fraction of sp³-hybridized carbons (Fsp3) is 0.0400. The molecule has 37 heavy (non-hydrogen) atoms. The number of hydrogen-bond acceptors (Lipinski definition) is 6. The van der Waals surface area contributed by atoms with Crippen LogP contribution in [-0.4, -0.2) is 35.9 Å². The van der Waals surface area contributed by atoms with Gasteiger partial charge in [0.15, 0.2) is 0 Å². The minimum Gasteiger partial charge on any atom is -0.496 e. The summed E-state index contributed by atoms with van der Waals surface area (Å²) in [6, 6.07) is 14.8. The number of imide groups is 1. The maximum atomic E-state index is 13.0. The maximum Gasteiger partial charge on any atom is 0.339 e. The van der Waals surface area contributed by atoms with E-state index in [0.29, 0.717) is 5.69 Å². The lowest BCUT2D eigenvalue weighted by atomic mass is 10.1. The van der Waals surface area contributed by atoms with Crippen LogP contribution in [0.1, 0.15) is 20.7 Å². The number of benzene rings is 3. The highest BCUT2D eigenvalue weighted by Gasteiger charge is 2.39. The predicted octanol–water partition coefficient (Wildman–Crippen LogP) is 5.39. The molecule has 0 unspecified atom stereocenters. The van der Waals surface area contributed by atoms with Crippen LogP contribution in [0.2, 0.25) is 10.0 Å². The van der Waals surface area contributed by atoms with Crippen LogP contribution in [0, 0.1) is 0 Å².